The molecule has 1 amide bonds. The molecule has 2 N–H and O–H groups in total. The Balaban J connectivity index is 1.80. The van der Waals surface area contributed by atoms with E-state index in [4.69, 9.17) is 0 Å². The summed E-state index contributed by atoms with van der Waals surface area (Å²) in [5.41, 5.74) is 3.98. The maximum Gasteiger partial charge on any atom is 0.255 e. The lowest BCUT2D eigenvalue weighted by atomic mass is 10.1. The Bertz CT molecular complexity index is 634. The number of phenols is 1. The molecular formula is C16H15NO2. The molecule has 3 heteroatoms. The van der Waals surface area contributed by atoms with E-state index in [9.17, 15) is 9.90 Å². The Morgan fingerprint density at radius 3 is 2.74 bits per heavy atom. The molecule has 0 atom stereocenters. The van der Waals surface area contributed by atoms with E-state index in [1.807, 2.05) is 12.1 Å². The third-order valence-electron chi connectivity index (χ3n) is 3.46. The second-order valence-corrected chi connectivity index (χ2v) is 4.84. The fourth-order valence-corrected chi connectivity index (χ4v) is 2.50. The van der Waals surface area contributed by atoms with Crippen molar-refractivity contribution in [1.29, 1.82) is 0 Å². The monoisotopic (exact) mass is 253 g/mol. The SMILES string of the molecule is O=C(Nc1ccc2c(c1)CCC2)c1cccc(O)c1. The van der Waals surface area contributed by atoms with Crippen LogP contribution in [0.2, 0.25) is 0 Å². The van der Waals surface area contributed by atoms with E-state index < -0.39 is 0 Å². The van der Waals surface area contributed by atoms with E-state index >= 15 is 0 Å². The first-order chi connectivity index (χ1) is 9.22. The van der Waals surface area contributed by atoms with Crippen molar-refractivity contribution in [3.63, 3.8) is 0 Å². The Morgan fingerprint density at radius 2 is 1.89 bits per heavy atom. The van der Waals surface area contributed by atoms with Crippen LogP contribution in [-0.4, -0.2) is 11.0 Å². The second-order valence-electron chi connectivity index (χ2n) is 4.84. The van der Waals surface area contributed by atoms with Gasteiger partial charge in [-0.25, -0.2) is 0 Å². The number of nitrogens with one attached hydrogen (secondary N) is 1. The zero-order valence-corrected chi connectivity index (χ0v) is 10.5. The van der Waals surface area contributed by atoms with Gasteiger partial charge in [0.1, 0.15) is 5.75 Å². The molecule has 2 aromatic rings. The number of rotatable bonds is 2. The van der Waals surface area contributed by atoms with Crippen molar-refractivity contribution in [2.24, 2.45) is 0 Å². The van der Waals surface area contributed by atoms with E-state index in [0.717, 1.165) is 18.5 Å². The minimum Gasteiger partial charge on any atom is -0.508 e. The second kappa shape index (κ2) is 4.76. The molecule has 0 unspecified atom stereocenters. The predicted molar refractivity (Wildman–Crippen MR) is 74.5 cm³/mol. The molecule has 3 rings (SSSR count). The highest BCUT2D eigenvalue weighted by Crippen LogP contribution is 2.25. The van der Waals surface area contributed by atoms with Gasteiger partial charge in [0.15, 0.2) is 0 Å². The van der Waals surface area contributed by atoms with Gasteiger partial charge in [0.05, 0.1) is 0 Å². The van der Waals surface area contributed by atoms with Crippen molar-refractivity contribution >= 4 is 11.6 Å². The van der Waals surface area contributed by atoms with Crippen molar-refractivity contribution in [2.45, 2.75) is 19.3 Å². The highest BCUT2D eigenvalue weighted by atomic mass is 16.3. The molecule has 2 aromatic carbocycles. The summed E-state index contributed by atoms with van der Waals surface area (Å²) in [5, 5.41) is 12.2. The molecule has 0 aliphatic heterocycles. The minimum absolute atomic E-state index is 0.0987. The zero-order chi connectivity index (χ0) is 13.2. The number of aryl methyl sites for hydroxylation is 2. The summed E-state index contributed by atoms with van der Waals surface area (Å²) in [6.07, 6.45) is 3.42. The highest BCUT2D eigenvalue weighted by Gasteiger charge is 2.12. The Morgan fingerprint density at radius 1 is 1.05 bits per heavy atom. The molecule has 0 saturated carbocycles. The molecule has 19 heavy (non-hydrogen) atoms. The summed E-state index contributed by atoms with van der Waals surface area (Å²) in [6.45, 7) is 0. The fourth-order valence-electron chi connectivity index (χ4n) is 2.50. The number of benzene rings is 2. The van der Waals surface area contributed by atoms with Crippen LogP contribution >= 0.6 is 0 Å². The van der Waals surface area contributed by atoms with Gasteiger partial charge in [0, 0.05) is 11.3 Å². The summed E-state index contributed by atoms with van der Waals surface area (Å²) < 4.78 is 0. The van der Waals surface area contributed by atoms with Gasteiger partial charge in [-0.2, -0.15) is 0 Å². The molecule has 1 aliphatic carbocycles. The molecule has 3 nitrogen and oxygen atoms in total. The van der Waals surface area contributed by atoms with Gasteiger partial charge in [-0.1, -0.05) is 12.1 Å². The van der Waals surface area contributed by atoms with Gasteiger partial charge < -0.3 is 10.4 Å². The molecule has 0 bridgehead atoms. The van der Waals surface area contributed by atoms with Crippen LogP contribution in [0.15, 0.2) is 42.5 Å². The largest absolute Gasteiger partial charge is 0.508 e. The van der Waals surface area contributed by atoms with Gasteiger partial charge in [-0.15, -0.1) is 0 Å². The van der Waals surface area contributed by atoms with Crippen molar-refractivity contribution in [1.82, 2.24) is 0 Å². The number of carbonyl (C=O) groups is 1. The summed E-state index contributed by atoms with van der Waals surface area (Å²) in [5.74, 6) is -0.101. The summed E-state index contributed by atoms with van der Waals surface area (Å²) in [4.78, 5) is 12.0. The maximum atomic E-state index is 12.0. The predicted octanol–water partition coefficient (Wildman–Crippen LogP) is 3.13. The van der Waals surface area contributed by atoms with Crippen molar-refractivity contribution in [3.8, 4) is 5.75 Å². The molecule has 0 fully saturated rings. The number of aromatic hydroxyl groups is 1. The van der Waals surface area contributed by atoms with Crippen molar-refractivity contribution in [2.75, 3.05) is 5.32 Å². The lowest BCUT2D eigenvalue weighted by Crippen LogP contribution is -2.11. The molecule has 0 aromatic heterocycles. The van der Waals surface area contributed by atoms with Gasteiger partial charge in [0.25, 0.3) is 5.91 Å². The molecule has 1 aliphatic rings. The number of anilines is 1. The number of carbonyl (C=O) groups excluding carboxylic acids is 1. The van der Waals surface area contributed by atoms with E-state index in [2.05, 4.69) is 11.4 Å². The lowest BCUT2D eigenvalue weighted by molar-refractivity contribution is 0.102. The van der Waals surface area contributed by atoms with E-state index in [1.165, 1.54) is 23.6 Å². The summed E-state index contributed by atoms with van der Waals surface area (Å²) in [7, 11) is 0. The van der Waals surface area contributed by atoms with Crippen molar-refractivity contribution < 1.29 is 9.90 Å². The Labute approximate surface area is 111 Å². The number of fused-ring (bicyclic) bond motifs is 1. The molecule has 96 valence electrons. The van der Waals surface area contributed by atoms with Crippen LogP contribution in [0.1, 0.15) is 27.9 Å². The fraction of sp³-hybridized carbons (Fsp3) is 0.188. The normalized spacial score (nSPS) is 13.1. The summed E-state index contributed by atoms with van der Waals surface area (Å²) >= 11 is 0. The Hall–Kier alpha value is -2.29. The Kier molecular flexibility index (Phi) is 2.95. The zero-order valence-electron chi connectivity index (χ0n) is 10.5. The average Bonchev–Trinajstić information content (AvgIpc) is 2.86. The van der Waals surface area contributed by atoms with Gasteiger partial charge in [-0.05, 0) is 60.7 Å². The van der Waals surface area contributed by atoms with Crippen LogP contribution in [0.3, 0.4) is 0 Å². The quantitative estimate of drug-likeness (QED) is 0.863. The first-order valence-corrected chi connectivity index (χ1v) is 6.44. The van der Waals surface area contributed by atoms with Gasteiger partial charge in [0.2, 0.25) is 0 Å². The van der Waals surface area contributed by atoms with Crippen LogP contribution in [0, 0.1) is 0 Å². The van der Waals surface area contributed by atoms with E-state index in [1.54, 1.807) is 18.2 Å². The van der Waals surface area contributed by atoms with Crippen LogP contribution < -0.4 is 5.32 Å². The standard InChI is InChI=1S/C16H15NO2/c18-15-6-2-5-13(10-15)16(19)17-14-8-7-11-3-1-4-12(11)9-14/h2,5-10,18H,1,3-4H2,(H,17,19). The van der Waals surface area contributed by atoms with E-state index in [0.29, 0.717) is 5.56 Å². The van der Waals surface area contributed by atoms with Crippen LogP contribution in [0.25, 0.3) is 0 Å². The van der Waals surface area contributed by atoms with Gasteiger partial charge in [-0.3, -0.25) is 4.79 Å². The number of amides is 1. The maximum absolute atomic E-state index is 12.0. The molecule has 0 spiro atoms. The van der Waals surface area contributed by atoms with Gasteiger partial charge >= 0.3 is 0 Å². The minimum atomic E-state index is -0.200. The number of phenolic OH excluding ortho intramolecular Hbond substituents is 1. The van der Waals surface area contributed by atoms with Crippen molar-refractivity contribution in [3.05, 3.63) is 59.2 Å². The van der Waals surface area contributed by atoms with Crippen LogP contribution in [0.5, 0.6) is 5.75 Å². The van der Waals surface area contributed by atoms with Crippen LogP contribution in [0.4, 0.5) is 5.69 Å². The summed E-state index contributed by atoms with van der Waals surface area (Å²) in [6, 6.07) is 12.4. The molecule has 0 radical (unpaired) electrons. The van der Waals surface area contributed by atoms with E-state index in [-0.39, 0.29) is 11.7 Å². The average molecular weight is 253 g/mol. The third-order valence-corrected chi connectivity index (χ3v) is 3.46. The molecular weight excluding hydrogens is 238 g/mol. The lowest BCUT2D eigenvalue weighted by Gasteiger charge is -2.07. The smallest absolute Gasteiger partial charge is 0.255 e. The number of hydrogen-bond acceptors (Lipinski definition) is 2. The van der Waals surface area contributed by atoms with Crippen LogP contribution in [-0.2, 0) is 12.8 Å². The first kappa shape index (κ1) is 11.8. The molecule has 0 saturated heterocycles. The first-order valence-electron chi connectivity index (χ1n) is 6.44. The highest BCUT2D eigenvalue weighted by molar-refractivity contribution is 6.04. The molecule has 0 heterocycles. The number of hydrogen-bond donors (Lipinski definition) is 2. The third kappa shape index (κ3) is 2.45. The topological polar surface area (TPSA) is 49.3 Å².